The van der Waals surface area contributed by atoms with Gasteiger partial charge in [-0.25, -0.2) is 8.42 Å². The maximum atomic E-state index is 13.6. The standard InChI is InChI=1S/C26H29N3O6S/c30-26(23(11-27-21-16-33-17-21)18-4-2-1-3-5-18)28-12-19-14-29(15-20(19)13-28)36(31,32)22-6-7-24-25(10-22)35-9-8-34-24/h1-7,10,21,23,27H,8-9,11-17H2. The molecule has 4 aliphatic rings. The Balaban J connectivity index is 1.12. The molecule has 4 heterocycles. The third-order valence-electron chi connectivity index (χ3n) is 7.21. The molecule has 1 amide bonds. The summed E-state index contributed by atoms with van der Waals surface area (Å²) in [7, 11) is -3.70. The Kier molecular flexibility index (Phi) is 6.20. The van der Waals surface area contributed by atoms with Crippen molar-refractivity contribution in [2.45, 2.75) is 16.9 Å². The van der Waals surface area contributed by atoms with Gasteiger partial charge >= 0.3 is 0 Å². The number of nitrogens with one attached hydrogen (secondary N) is 1. The van der Waals surface area contributed by atoms with Gasteiger partial charge < -0.3 is 24.4 Å². The van der Waals surface area contributed by atoms with Crippen molar-refractivity contribution in [2.24, 2.45) is 0 Å². The van der Waals surface area contributed by atoms with Crippen LogP contribution in [0.1, 0.15) is 11.5 Å². The molecule has 0 bridgehead atoms. The highest BCUT2D eigenvalue weighted by Crippen LogP contribution is 2.36. The summed E-state index contributed by atoms with van der Waals surface area (Å²) < 4.78 is 44.5. The average molecular weight is 512 g/mol. The zero-order valence-electron chi connectivity index (χ0n) is 19.9. The Morgan fingerprint density at radius 1 is 0.944 bits per heavy atom. The van der Waals surface area contributed by atoms with Gasteiger partial charge in [-0.05, 0) is 28.8 Å². The van der Waals surface area contributed by atoms with Crippen molar-refractivity contribution in [3.05, 3.63) is 65.2 Å². The van der Waals surface area contributed by atoms with Crippen LogP contribution in [-0.4, -0.2) is 88.7 Å². The van der Waals surface area contributed by atoms with Crippen molar-refractivity contribution in [3.63, 3.8) is 0 Å². The number of rotatable bonds is 7. The van der Waals surface area contributed by atoms with Crippen molar-refractivity contribution in [2.75, 3.05) is 59.2 Å². The van der Waals surface area contributed by atoms with Crippen molar-refractivity contribution < 1.29 is 27.4 Å². The van der Waals surface area contributed by atoms with Crippen molar-refractivity contribution >= 4 is 15.9 Å². The van der Waals surface area contributed by atoms with Crippen molar-refractivity contribution in [3.8, 4) is 11.5 Å². The van der Waals surface area contributed by atoms with Gasteiger partial charge in [-0.1, -0.05) is 30.3 Å². The summed E-state index contributed by atoms with van der Waals surface area (Å²) in [5.41, 5.74) is 3.00. The number of amides is 1. The highest BCUT2D eigenvalue weighted by atomic mass is 32.2. The number of benzene rings is 2. The Bertz CT molecular complexity index is 1270. The molecule has 1 unspecified atom stereocenters. The molecule has 1 N–H and O–H groups in total. The van der Waals surface area contributed by atoms with Crippen molar-refractivity contribution in [1.82, 2.24) is 14.5 Å². The van der Waals surface area contributed by atoms with E-state index in [1.807, 2.05) is 35.2 Å². The maximum Gasteiger partial charge on any atom is 0.243 e. The lowest BCUT2D eigenvalue weighted by Crippen LogP contribution is -2.49. The molecule has 36 heavy (non-hydrogen) atoms. The van der Waals surface area contributed by atoms with Crippen LogP contribution < -0.4 is 14.8 Å². The Morgan fingerprint density at radius 3 is 2.31 bits per heavy atom. The van der Waals surface area contributed by atoms with Crippen LogP contribution in [0.3, 0.4) is 0 Å². The monoisotopic (exact) mass is 511 g/mol. The van der Waals surface area contributed by atoms with Gasteiger partial charge in [0.15, 0.2) is 11.5 Å². The fourth-order valence-corrected chi connectivity index (χ4v) is 6.54. The van der Waals surface area contributed by atoms with Crippen LogP contribution in [-0.2, 0) is 19.6 Å². The van der Waals surface area contributed by atoms with Crippen LogP contribution in [0.15, 0.2) is 64.6 Å². The molecule has 10 heteroatoms. The smallest absolute Gasteiger partial charge is 0.243 e. The SMILES string of the molecule is O=C(C(CNC1COC1)c1ccccc1)N1CC2=C(C1)CN(S(=O)(=O)c1ccc3c(c1)OCCO3)C2. The Labute approximate surface area is 210 Å². The highest BCUT2D eigenvalue weighted by molar-refractivity contribution is 7.89. The van der Waals surface area contributed by atoms with Gasteiger partial charge in [0.25, 0.3) is 0 Å². The van der Waals surface area contributed by atoms with Crippen molar-refractivity contribution in [1.29, 1.82) is 0 Å². The van der Waals surface area contributed by atoms with E-state index in [0.29, 0.717) is 70.7 Å². The molecule has 0 aliphatic carbocycles. The zero-order chi connectivity index (χ0) is 24.7. The van der Waals surface area contributed by atoms with E-state index in [0.717, 1.165) is 16.7 Å². The normalized spacial score (nSPS) is 20.8. The van der Waals surface area contributed by atoms with Crippen LogP contribution in [0.5, 0.6) is 11.5 Å². The lowest BCUT2D eigenvalue weighted by Gasteiger charge is -2.31. The molecule has 1 fully saturated rings. The summed E-state index contributed by atoms with van der Waals surface area (Å²) in [6.45, 7) is 4.23. The molecule has 9 nitrogen and oxygen atoms in total. The number of fused-ring (bicyclic) bond motifs is 1. The first-order valence-electron chi connectivity index (χ1n) is 12.2. The molecular formula is C26H29N3O6S. The largest absolute Gasteiger partial charge is 0.486 e. The van der Waals surface area contributed by atoms with Crippen LogP contribution in [0.4, 0.5) is 0 Å². The van der Waals surface area contributed by atoms with Crippen LogP contribution in [0.2, 0.25) is 0 Å². The number of carbonyl (C=O) groups is 1. The summed E-state index contributed by atoms with van der Waals surface area (Å²) in [4.78, 5) is 15.6. The molecule has 2 aromatic rings. The summed E-state index contributed by atoms with van der Waals surface area (Å²) in [6, 6.07) is 14.8. The van der Waals surface area contributed by atoms with Gasteiger partial charge in [-0.15, -0.1) is 0 Å². The lowest BCUT2D eigenvalue weighted by atomic mass is 9.97. The molecule has 4 aliphatic heterocycles. The first-order chi connectivity index (χ1) is 17.5. The summed E-state index contributed by atoms with van der Waals surface area (Å²) in [5, 5.41) is 3.45. The van der Waals surface area contributed by atoms with Gasteiger partial charge in [-0.3, -0.25) is 4.79 Å². The van der Waals surface area contributed by atoms with Gasteiger partial charge in [0.1, 0.15) is 13.2 Å². The van der Waals surface area contributed by atoms with E-state index >= 15 is 0 Å². The fourth-order valence-electron chi connectivity index (χ4n) is 5.10. The molecular weight excluding hydrogens is 482 g/mol. The molecule has 1 saturated heterocycles. The molecule has 0 saturated carbocycles. The predicted molar refractivity (Wildman–Crippen MR) is 132 cm³/mol. The lowest BCUT2D eigenvalue weighted by molar-refractivity contribution is -0.131. The quantitative estimate of drug-likeness (QED) is 0.561. The minimum atomic E-state index is -3.70. The van der Waals surface area contributed by atoms with Gasteiger partial charge in [0.05, 0.1) is 30.1 Å². The topological polar surface area (TPSA) is 97.4 Å². The van der Waals surface area contributed by atoms with E-state index in [1.54, 1.807) is 12.1 Å². The van der Waals surface area contributed by atoms with E-state index < -0.39 is 10.0 Å². The van der Waals surface area contributed by atoms with E-state index in [4.69, 9.17) is 14.2 Å². The number of ether oxygens (including phenoxy) is 3. The van der Waals surface area contributed by atoms with E-state index in [1.165, 1.54) is 10.4 Å². The van der Waals surface area contributed by atoms with Crippen LogP contribution in [0.25, 0.3) is 0 Å². The first-order valence-corrected chi connectivity index (χ1v) is 13.7. The minimum Gasteiger partial charge on any atom is -0.486 e. The van der Waals surface area contributed by atoms with Crippen LogP contribution in [0, 0.1) is 0 Å². The second-order valence-electron chi connectivity index (χ2n) is 9.59. The molecule has 0 aromatic heterocycles. The van der Waals surface area contributed by atoms with Crippen LogP contribution >= 0.6 is 0 Å². The molecule has 0 radical (unpaired) electrons. The fraction of sp³-hybridized carbons (Fsp3) is 0.423. The molecule has 190 valence electrons. The van der Waals surface area contributed by atoms with Gasteiger partial charge in [0.2, 0.25) is 15.9 Å². The number of hydrogen-bond acceptors (Lipinski definition) is 7. The van der Waals surface area contributed by atoms with Gasteiger partial charge in [-0.2, -0.15) is 4.31 Å². The molecule has 1 atom stereocenters. The summed E-state index contributed by atoms with van der Waals surface area (Å²) in [6.07, 6.45) is 0. The van der Waals surface area contributed by atoms with E-state index in [2.05, 4.69) is 5.32 Å². The first kappa shape index (κ1) is 23.5. The molecule has 0 spiro atoms. The second-order valence-corrected chi connectivity index (χ2v) is 11.5. The highest BCUT2D eigenvalue weighted by Gasteiger charge is 2.39. The van der Waals surface area contributed by atoms with E-state index in [9.17, 15) is 13.2 Å². The second kappa shape index (κ2) is 9.51. The molecule has 2 aromatic carbocycles. The third-order valence-corrected chi connectivity index (χ3v) is 9.00. The number of hydrogen-bond donors (Lipinski definition) is 1. The molecule has 6 rings (SSSR count). The summed E-state index contributed by atoms with van der Waals surface area (Å²) in [5.74, 6) is 0.769. The number of sulfonamides is 1. The maximum absolute atomic E-state index is 13.6. The summed E-state index contributed by atoms with van der Waals surface area (Å²) >= 11 is 0. The van der Waals surface area contributed by atoms with E-state index in [-0.39, 0.29) is 22.8 Å². The number of nitrogens with zero attached hydrogens (tertiary/aromatic N) is 2. The predicted octanol–water partition coefficient (Wildman–Crippen LogP) is 1.37. The van der Waals surface area contributed by atoms with Gasteiger partial charge in [0, 0.05) is 38.8 Å². The average Bonchev–Trinajstić information content (AvgIpc) is 3.46. The Hall–Kier alpha value is -2.92. The third kappa shape index (κ3) is 4.39. The minimum absolute atomic E-state index is 0.0598. The Morgan fingerprint density at radius 2 is 1.64 bits per heavy atom. The zero-order valence-corrected chi connectivity index (χ0v) is 20.7. The number of carbonyl (C=O) groups excluding carboxylic acids is 1.